The van der Waals surface area contributed by atoms with Crippen LogP contribution in [0.3, 0.4) is 0 Å². The van der Waals surface area contributed by atoms with Gasteiger partial charge in [0.1, 0.15) is 201 Å². The summed E-state index contributed by atoms with van der Waals surface area (Å²) in [5, 5.41) is 279. The second-order valence-corrected chi connectivity index (χ2v) is 30.1. The molecule has 0 radical (unpaired) electrons. The standard InChI is InChI=1S/C67H112N4O47/c1-18-24(85)7-67(102-17-80,117-52(18)38(87)25(86)8-72)118-57-42(91)29(12-76)105-64(51(57)100)113-55-32(15-79)109-62(37(47(55)96)71-23(6)84)116-59-49(98)41(90)28(11-75)107-66(59)114-56-43(92)33(16-101-65-58(48(97)40(89)27(10-74)106-65)115-60-35(69-21(4)82)44(93)39(88)26(9-73)104-60)110-63(50(56)99)112-54-31(14-78)108-61(36(46(54)95)70-22(5)83)111-53-30(13-77)103-19(2)34(45(53)94)68-20(3)81/h17-19,24-66,72-79,85-100H,7-16H2,1-6H3,(H,68,81)(H,69,82)(H,70,83)(H,71,84)/t18-,19+,24-,25-,26+,27?,28?,29?,30?,31?,32?,33?,34?,35?,36?,37?,38-,39-,40-,41-,42+,43-,44?,45-,46-,47-,48+,49?,50?,51?,52?,53-,54-,55-,56+,57+,58?,59?,60+,61+,62+,63+,64+,65+,66-,67+/m1/s1. The van der Waals surface area contributed by atoms with Crippen molar-refractivity contribution in [1.82, 2.24) is 21.3 Å². The summed E-state index contributed by atoms with van der Waals surface area (Å²) in [4.78, 5) is 63.0. The van der Waals surface area contributed by atoms with Crippen LogP contribution < -0.4 is 21.3 Å². The predicted molar refractivity (Wildman–Crippen MR) is 367 cm³/mol. The minimum Gasteiger partial charge on any atom is -0.410 e. The molecule has 9 aliphatic rings. The first-order valence-electron chi connectivity index (χ1n) is 37.9. The lowest BCUT2D eigenvalue weighted by Crippen LogP contribution is -2.71. The lowest BCUT2D eigenvalue weighted by molar-refractivity contribution is -0.448. The van der Waals surface area contributed by atoms with Crippen LogP contribution in [0.4, 0.5) is 0 Å². The van der Waals surface area contributed by atoms with Gasteiger partial charge in [0.25, 0.3) is 6.47 Å². The minimum atomic E-state index is -2.88. The molecule has 51 nitrogen and oxygen atoms in total. The zero-order valence-corrected chi connectivity index (χ0v) is 64.3. The van der Waals surface area contributed by atoms with Crippen LogP contribution in [-0.2, 0) is 109 Å². The molecule has 46 atom stereocenters. The number of carbonyl (C=O) groups is 5. The van der Waals surface area contributed by atoms with Crippen molar-refractivity contribution in [1.29, 1.82) is 0 Å². The van der Waals surface area contributed by atoms with Gasteiger partial charge in [0.2, 0.25) is 23.6 Å². The SMILES string of the molecule is CC(=O)NC1C(O)[C@H](O)[C@H](CO)O[C@H]1OC1[C@@H](OCC2O[C@@H](O[C@@H]3C(CO)O[C@@H](O[C@@H]4C(CO)O[C@@H](C)C(NC(C)=O)[C@H]4O)C(NC(C)=O)[C@H]3O)C(O)[C@@H](O[C@H]3OC(CO)[C@@H](O)C(O)C3O[C@@H]3OC(CO)[C@@H](O[C@@H]4OC(CO)[C@H](O)[C@H](O[C@]5(OC=O)C[C@@H](O)[C@@H](C)C([C@H](O)[C@H](O)CO)O5)C4O)[C@H](O)C3NC(C)=O)[C@@H]2O)OC(CO)[C@@H](O)[C@@H]1O. The van der Waals surface area contributed by atoms with Gasteiger partial charge in [-0.25, -0.2) is 0 Å². The Morgan fingerprint density at radius 2 is 0.720 bits per heavy atom. The molecule has 0 spiro atoms. The highest BCUT2D eigenvalue weighted by Gasteiger charge is 2.62. The summed E-state index contributed by atoms with van der Waals surface area (Å²) in [5.41, 5.74) is 0. The van der Waals surface area contributed by atoms with Crippen molar-refractivity contribution < 1.29 is 232 Å². The van der Waals surface area contributed by atoms with E-state index >= 15 is 0 Å². The van der Waals surface area contributed by atoms with Gasteiger partial charge >= 0.3 is 5.97 Å². The Kier molecular flexibility index (Phi) is 35.2. The topological polar surface area (TPSA) is 785 Å². The molecular formula is C67H112N4O47. The van der Waals surface area contributed by atoms with Crippen LogP contribution in [0.1, 0.15) is 48.0 Å². The van der Waals surface area contributed by atoms with E-state index < -0.39 is 371 Å². The number of hydrogen-bond acceptors (Lipinski definition) is 47. The Morgan fingerprint density at radius 1 is 0.381 bits per heavy atom. The molecular weight excluding hydrogens is 1610 g/mol. The van der Waals surface area contributed by atoms with Gasteiger partial charge < -0.3 is 229 Å². The minimum absolute atomic E-state index is 0.249. The molecule has 18 unspecified atom stereocenters. The largest absolute Gasteiger partial charge is 0.410 e. The van der Waals surface area contributed by atoms with Crippen molar-refractivity contribution in [3.8, 4) is 0 Å². The number of aliphatic hydroxyl groups is 24. The molecule has 28 N–H and O–H groups in total. The quantitative estimate of drug-likeness (QED) is 0.0214. The van der Waals surface area contributed by atoms with Crippen molar-refractivity contribution in [3.05, 3.63) is 0 Å². The van der Waals surface area contributed by atoms with Crippen molar-refractivity contribution in [2.24, 2.45) is 5.92 Å². The van der Waals surface area contributed by atoms with E-state index in [9.17, 15) is 147 Å². The zero-order chi connectivity index (χ0) is 87.1. The van der Waals surface area contributed by atoms with Gasteiger partial charge in [0, 0.05) is 33.6 Å². The molecule has 0 bridgehead atoms. The fourth-order valence-electron chi connectivity index (χ4n) is 15.5. The molecule has 118 heavy (non-hydrogen) atoms. The highest BCUT2D eigenvalue weighted by molar-refractivity contribution is 5.74. The summed E-state index contributed by atoms with van der Waals surface area (Å²) >= 11 is 0. The first-order valence-corrected chi connectivity index (χ1v) is 37.9. The van der Waals surface area contributed by atoms with E-state index in [1.54, 1.807) is 0 Å². The van der Waals surface area contributed by atoms with Crippen LogP contribution in [0, 0.1) is 5.92 Å². The monoisotopic (exact) mass is 1720 g/mol. The lowest BCUT2D eigenvalue weighted by atomic mass is 9.87. The first-order chi connectivity index (χ1) is 55.8. The van der Waals surface area contributed by atoms with E-state index in [1.165, 1.54) is 13.8 Å². The molecule has 4 amide bonds. The molecule has 0 aromatic carbocycles. The third-order valence-corrected chi connectivity index (χ3v) is 21.9. The van der Waals surface area contributed by atoms with E-state index in [0.717, 1.165) is 27.7 Å². The van der Waals surface area contributed by atoms with Crippen LogP contribution in [0.15, 0.2) is 0 Å². The van der Waals surface area contributed by atoms with E-state index in [2.05, 4.69) is 21.3 Å². The molecule has 9 heterocycles. The summed E-state index contributed by atoms with van der Waals surface area (Å²) in [7, 11) is 0. The van der Waals surface area contributed by atoms with E-state index in [-0.39, 0.29) is 6.47 Å². The van der Waals surface area contributed by atoms with Crippen LogP contribution in [0.2, 0.25) is 0 Å². The summed E-state index contributed by atoms with van der Waals surface area (Å²) < 4.78 is 107. The summed E-state index contributed by atoms with van der Waals surface area (Å²) in [6.07, 6.45) is -83.0. The molecule has 9 aliphatic heterocycles. The number of carbonyl (C=O) groups excluding carboxylic acids is 5. The van der Waals surface area contributed by atoms with Gasteiger partial charge in [-0.1, -0.05) is 6.92 Å². The van der Waals surface area contributed by atoms with Gasteiger partial charge in [-0.2, -0.15) is 0 Å². The predicted octanol–water partition coefficient (Wildman–Crippen LogP) is -18.5. The molecule has 682 valence electrons. The summed E-state index contributed by atoms with van der Waals surface area (Å²) in [6, 6.07) is -6.88. The fourth-order valence-corrected chi connectivity index (χ4v) is 15.5. The number of nitrogens with one attached hydrogen (secondary N) is 4. The smallest absolute Gasteiger partial charge is 0.332 e. The lowest BCUT2D eigenvalue weighted by Gasteiger charge is -2.51. The van der Waals surface area contributed by atoms with Crippen molar-refractivity contribution in [3.63, 3.8) is 0 Å². The molecule has 0 aromatic rings. The summed E-state index contributed by atoms with van der Waals surface area (Å²) in [6.45, 7) is -3.32. The van der Waals surface area contributed by atoms with Gasteiger partial charge in [-0.3, -0.25) is 24.0 Å². The molecule has 9 rings (SSSR count). The molecule has 9 fully saturated rings. The van der Waals surface area contributed by atoms with Gasteiger partial charge in [-0.15, -0.1) is 0 Å². The highest BCUT2D eigenvalue weighted by Crippen LogP contribution is 2.43. The Morgan fingerprint density at radius 3 is 1.17 bits per heavy atom. The van der Waals surface area contributed by atoms with Crippen LogP contribution in [0.5, 0.6) is 0 Å². The Labute approximate surface area is 670 Å². The zero-order valence-electron chi connectivity index (χ0n) is 64.3. The highest BCUT2D eigenvalue weighted by atomic mass is 16.9. The Balaban J connectivity index is 1.04. The number of amides is 4. The Hall–Kier alpha value is -4.29. The average Bonchev–Trinajstić information content (AvgIpc) is 0.762. The van der Waals surface area contributed by atoms with Crippen LogP contribution in [0.25, 0.3) is 0 Å². The van der Waals surface area contributed by atoms with E-state index in [4.69, 9.17) is 85.3 Å². The number of rotatable bonds is 33. The fraction of sp³-hybridized carbons (Fsp3) is 0.925. The molecule has 0 saturated carbocycles. The third kappa shape index (κ3) is 21.6. The van der Waals surface area contributed by atoms with E-state index in [0.29, 0.717) is 0 Å². The van der Waals surface area contributed by atoms with Gasteiger partial charge in [0.05, 0.1) is 90.2 Å². The van der Waals surface area contributed by atoms with Gasteiger partial charge in [0.15, 0.2) is 44.0 Å². The van der Waals surface area contributed by atoms with Crippen LogP contribution >= 0.6 is 0 Å². The number of aliphatic hydroxyl groups excluding tert-OH is 24. The second-order valence-electron chi connectivity index (χ2n) is 30.1. The van der Waals surface area contributed by atoms with Crippen LogP contribution in [-0.4, -0.2) is 488 Å². The van der Waals surface area contributed by atoms with Crippen molar-refractivity contribution >= 4 is 30.1 Å². The third-order valence-electron chi connectivity index (χ3n) is 21.9. The second kappa shape index (κ2) is 42.6. The number of hydrogen-bond donors (Lipinski definition) is 28. The maximum Gasteiger partial charge on any atom is 0.332 e. The molecule has 9 saturated heterocycles. The van der Waals surface area contributed by atoms with Crippen molar-refractivity contribution in [2.75, 3.05) is 59.5 Å². The van der Waals surface area contributed by atoms with Gasteiger partial charge in [-0.05, 0) is 6.92 Å². The average molecular weight is 1730 g/mol. The molecule has 0 aliphatic carbocycles. The maximum absolute atomic E-state index is 13.2. The maximum atomic E-state index is 13.2. The molecule has 51 heteroatoms. The number of ether oxygens (including phenoxy) is 18. The summed E-state index contributed by atoms with van der Waals surface area (Å²) in [5.74, 6) is -7.38. The van der Waals surface area contributed by atoms with E-state index in [1.807, 2.05) is 0 Å². The Bertz CT molecular complexity index is 3180. The van der Waals surface area contributed by atoms with Crippen molar-refractivity contribution in [2.45, 2.75) is 324 Å². The normalized spacial score (nSPS) is 47.5. The molecule has 0 aromatic heterocycles. The first kappa shape index (κ1) is 97.5.